The van der Waals surface area contributed by atoms with Crippen LogP contribution in [0.15, 0.2) is 58.3 Å². The molecule has 0 radical (unpaired) electrons. The lowest BCUT2D eigenvalue weighted by Crippen LogP contribution is -1.95. The van der Waals surface area contributed by atoms with E-state index in [9.17, 15) is 8.42 Å². The summed E-state index contributed by atoms with van der Waals surface area (Å²) in [6, 6.07) is 13.8. The van der Waals surface area contributed by atoms with Gasteiger partial charge in [0.25, 0.3) is 0 Å². The average molecular weight is 294 g/mol. The molecule has 0 saturated carbocycles. The highest BCUT2D eigenvalue weighted by Gasteiger charge is 2.16. The summed E-state index contributed by atoms with van der Waals surface area (Å²) in [4.78, 5) is 0.986. The van der Waals surface area contributed by atoms with Crippen molar-refractivity contribution in [2.75, 3.05) is 7.11 Å². The zero-order valence-electron chi connectivity index (χ0n) is 10.7. The summed E-state index contributed by atoms with van der Waals surface area (Å²) >= 11 is 0. The Kier molecular flexibility index (Phi) is 4.17. The third-order valence-electron chi connectivity index (χ3n) is 2.58. The predicted molar refractivity (Wildman–Crippen MR) is 77.2 cm³/mol. The van der Waals surface area contributed by atoms with Crippen molar-refractivity contribution < 1.29 is 13.2 Å². The van der Waals surface area contributed by atoms with Gasteiger partial charge in [-0.05, 0) is 43.3 Å². The lowest BCUT2D eigenvalue weighted by atomic mass is 10.2. The molecule has 19 heavy (non-hydrogen) atoms. The van der Waals surface area contributed by atoms with Crippen molar-refractivity contribution in [2.45, 2.75) is 16.7 Å². The number of ether oxygens (including phenoxy) is 1. The van der Waals surface area contributed by atoms with Crippen LogP contribution in [0.3, 0.4) is 0 Å². The second kappa shape index (κ2) is 5.67. The van der Waals surface area contributed by atoms with E-state index in [0.29, 0.717) is 15.5 Å². The van der Waals surface area contributed by atoms with Gasteiger partial charge in [0.1, 0.15) is 5.75 Å². The summed E-state index contributed by atoms with van der Waals surface area (Å²) in [6.07, 6.45) is 0. The van der Waals surface area contributed by atoms with Crippen LogP contribution in [0.25, 0.3) is 0 Å². The van der Waals surface area contributed by atoms with E-state index in [1.54, 1.807) is 55.6 Å². The number of benzene rings is 2. The third-order valence-corrected chi connectivity index (χ3v) is 5.92. The number of hydrogen-bond donors (Lipinski definition) is 0. The smallest absolute Gasteiger partial charge is 0.234 e. The van der Waals surface area contributed by atoms with Gasteiger partial charge in [0.05, 0.1) is 12.0 Å². The molecule has 2 aromatic rings. The van der Waals surface area contributed by atoms with Crippen molar-refractivity contribution in [3.63, 3.8) is 0 Å². The van der Waals surface area contributed by atoms with Gasteiger partial charge in [-0.3, -0.25) is 0 Å². The lowest BCUT2D eigenvalue weighted by Gasteiger charge is -2.05. The van der Waals surface area contributed by atoms with Crippen LogP contribution in [0.2, 0.25) is 0 Å². The Hall–Kier alpha value is -1.46. The van der Waals surface area contributed by atoms with Crippen LogP contribution >= 0.6 is 10.8 Å². The number of hydrogen-bond acceptors (Lipinski definition) is 4. The fraction of sp³-hybridized carbons (Fsp3) is 0.143. The zero-order valence-corrected chi connectivity index (χ0v) is 12.3. The van der Waals surface area contributed by atoms with Crippen LogP contribution in [-0.2, 0) is 8.87 Å². The molecule has 2 rings (SSSR count). The van der Waals surface area contributed by atoms with Gasteiger partial charge >= 0.3 is 0 Å². The maximum Gasteiger partial charge on any atom is 0.234 e. The minimum absolute atomic E-state index is 0.318. The highest BCUT2D eigenvalue weighted by Crippen LogP contribution is 2.31. The highest BCUT2D eigenvalue weighted by atomic mass is 33.1. The molecular formula is C14H14O3S2. The van der Waals surface area contributed by atoms with E-state index in [0.717, 1.165) is 16.4 Å². The van der Waals surface area contributed by atoms with Crippen LogP contribution in [0, 0.1) is 6.92 Å². The Morgan fingerprint density at radius 1 is 0.947 bits per heavy atom. The van der Waals surface area contributed by atoms with Crippen molar-refractivity contribution in [1.29, 1.82) is 0 Å². The fourth-order valence-corrected chi connectivity index (χ4v) is 4.29. The Morgan fingerprint density at radius 2 is 1.53 bits per heavy atom. The summed E-state index contributed by atoms with van der Waals surface area (Å²) in [5, 5.41) is 0. The molecule has 2 aromatic carbocycles. The Balaban J connectivity index is 2.23. The Bertz CT molecular complexity index is 644. The first-order valence-corrected chi connectivity index (χ1v) is 8.48. The topological polar surface area (TPSA) is 43.4 Å². The average Bonchev–Trinajstić information content (AvgIpc) is 2.40. The molecule has 0 amide bonds. The molecule has 0 atom stereocenters. The highest BCUT2D eigenvalue weighted by molar-refractivity contribution is 8.72. The number of methoxy groups -OCH3 is 1. The van der Waals surface area contributed by atoms with Gasteiger partial charge in [0.2, 0.25) is 8.87 Å². The number of rotatable bonds is 4. The number of aryl methyl sites for hydroxylation is 1. The first-order chi connectivity index (χ1) is 9.01. The van der Waals surface area contributed by atoms with Gasteiger partial charge in [0.15, 0.2) is 0 Å². The largest absolute Gasteiger partial charge is 0.497 e. The van der Waals surface area contributed by atoms with Crippen LogP contribution in [0.1, 0.15) is 5.56 Å². The monoisotopic (exact) mass is 294 g/mol. The van der Waals surface area contributed by atoms with E-state index in [4.69, 9.17) is 4.74 Å². The van der Waals surface area contributed by atoms with Gasteiger partial charge in [-0.25, -0.2) is 8.42 Å². The minimum atomic E-state index is -3.37. The summed E-state index contributed by atoms with van der Waals surface area (Å²) < 4.78 is 29.4. The van der Waals surface area contributed by atoms with Crippen molar-refractivity contribution in [3.05, 3.63) is 54.1 Å². The zero-order chi connectivity index (χ0) is 13.9. The summed E-state index contributed by atoms with van der Waals surface area (Å²) in [5.41, 5.74) is 1.04. The quantitative estimate of drug-likeness (QED) is 0.810. The van der Waals surface area contributed by atoms with E-state index in [1.165, 1.54) is 0 Å². The molecule has 0 aliphatic carbocycles. The minimum Gasteiger partial charge on any atom is -0.497 e. The summed E-state index contributed by atoms with van der Waals surface area (Å²) in [7, 11) is -0.959. The second-order valence-electron chi connectivity index (χ2n) is 4.03. The van der Waals surface area contributed by atoms with Gasteiger partial charge in [-0.2, -0.15) is 0 Å². The molecule has 0 bridgehead atoms. The SMILES string of the molecule is COc1ccc(SS(=O)(=O)c2ccc(C)cc2)cc1. The molecule has 0 N–H and O–H groups in total. The maximum absolute atomic E-state index is 12.2. The van der Waals surface area contributed by atoms with Crippen molar-refractivity contribution in [2.24, 2.45) is 0 Å². The molecule has 0 aromatic heterocycles. The summed E-state index contributed by atoms with van der Waals surface area (Å²) in [6.45, 7) is 1.92. The van der Waals surface area contributed by atoms with Crippen molar-refractivity contribution >= 4 is 19.7 Å². The Morgan fingerprint density at radius 3 is 2.05 bits per heavy atom. The van der Waals surface area contributed by atoms with Crippen LogP contribution < -0.4 is 4.74 Å². The second-order valence-corrected chi connectivity index (χ2v) is 7.86. The van der Waals surface area contributed by atoms with Gasteiger partial charge in [-0.1, -0.05) is 17.7 Å². The normalized spacial score (nSPS) is 11.3. The molecular weight excluding hydrogens is 280 g/mol. The first-order valence-electron chi connectivity index (χ1n) is 5.66. The summed E-state index contributed by atoms with van der Waals surface area (Å²) in [5.74, 6) is 0.706. The molecule has 0 aliphatic heterocycles. The van der Waals surface area contributed by atoms with Crippen LogP contribution in [0.5, 0.6) is 5.75 Å². The molecule has 100 valence electrons. The van der Waals surface area contributed by atoms with Gasteiger partial charge in [0, 0.05) is 15.7 Å². The van der Waals surface area contributed by atoms with E-state index in [1.807, 2.05) is 6.92 Å². The van der Waals surface area contributed by atoms with Crippen LogP contribution in [-0.4, -0.2) is 15.5 Å². The van der Waals surface area contributed by atoms with Crippen LogP contribution in [0.4, 0.5) is 0 Å². The van der Waals surface area contributed by atoms with E-state index in [2.05, 4.69) is 0 Å². The Labute approximate surface area is 116 Å². The molecule has 0 saturated heterocycles. The fourth-order valence-electron chi connectivity index (χ4n) is 1.51. The molecule has 0 heterocycles. The van der Waals surface area contributed by atoms with E-state index in [-0.39, 0.29) is 0 Å². The third kappa shape index (κ3) is 3.52. The molecule has 3 nitrogen and oxygen atoms in total. The molecule has 0 unspecified atom stereocenters. The lowest BCUT2D eigenvalue weighted by molar-refractivity contribution is 0.414. The molecule has 0 fully saturated rings. The van der Waals surface area contributed by atoms with Gasteiger partial charge in [-0.15, -0.1) is 0 Å². The maximum atomic E-state index is 12.2. The standard InChI is InChI=1S/C14H14O3S2/c1-11-3-9-14(10-4-11)19(15,16)18-13-7-5-12(17-2)6-8-13/h3-10H,1-2H3. The van der Waals surface area contributed by atoms with E-state index < -0.39 is 8.87 Å². The molecule has 0 aliphatic rings. The van der Waals surface area contributed by atoms with Crippen molar-refractivity contribution in [1.82, 2.24) is 0 Å². The first kappa shape index (κ1) is 14.0. The van der Waals surface area contributed by atoms with Crippen molar-refractivity contribution in [3.8, 4) is 5.75 Å². The predicted octanol–water partition coefficient (Wildman–Crippen LogP) is 3.48. The molecule has 0 spiro atoms. The van der Waals surface area contributed by atoms with Gasteiger partial charge < -0.3 is 4.74 Å². The van der Waals surface area contributed by atoms with E-state index >= 15 is 0 Å². The molecule has 5 heteroatoms.